The van der Waals surface area contributed by atoms with Gasteiger partial charge in [-0.05, 0) is 36.8 Å². The van der Waals surface area contributed by atoms with Gasteiger partial charge in [0, 0.05) is 22.3 Å². The summed E-state index contributed by atoms with van der Waals surface area (Å²) in [5.74, 6) is -1.40. The van der Waals surface area contributed by atoms with Gasteiger partial charge in [-0.25, -0.2) is 0 Å². The molecule has 8 heteroatoms. The molecule has 0 aromatic heterocycles. The number of halogens is 2. The molecule has 0 atom stereocenters. The predicted molar refractivity (Wildman–Crippen MR) is 86.1 cm³/mol. The molecule has 0 heterocycles. The van der Waals surface area contributed by atoms with Gasteiger partial charge in [-0.3, -0.25) is 14.9 Å². The zero-order valence-corrected chi connectivity index (χ0v) is 13.6. The molecule has 6 nitrogen and oxygen atoms in total. The molecule has 1 amide bonds. The Morgan fingerprint density at radius 1 is 1.35 bits per heavy atom. The van der Waals surface area contributed by atoms with Crippen molar-refractivity contribution in [2.24, 2.45) is 0 Å². The summed E-state index contributed by atoms with van der Waals surface area (Å²) in [5.41, 5.74) is 0.859. The molecule has 0 unspecified atom stereocenters. The van der Waals surface area contributed by atoms with E-state index in [-0.39, 0.29) is 12.4 Å². The van der Waals surface area contributed by atoms with Gasteiger partial charge in [0.15, 0.2) is 6.61 Å². The van der Waals surface area contributed by atoms with Crippen LogP contribution in [0.4, 0.5) is 15.8 Å². The minimum Gasteiger partial charge on any atom is -0.484 e. The van der Waals surface area contributed by atoms with Crippen molar-refractivity contribution in [2.45, 2.75) is 6.92 Å². The average Bonchev–Trinajstić information content (AvgIpc) is 2.48. The van der Waals surface area contributed by atoms with Crippen LogP contribution in [-0.2, 0) is 4.79 Å². The topological polar surface area (TPSA) is 81.5 Å². The van der Waals surface area contributed by atoms with E-state index < -0.39 is 22.3 Å². The number of carbonyl (C=O) groups excluding carboxylic acids is 1. The Morgan fingerprint density at radius 3 is 2.70 bits per heavy atom. The largest absolute Gasteiger partial charge is 0.484 e. The van der Waals surface area contributed by atoms with E-state index in [4.69, 9.17) is 4.74 Å². The minimum absolute atomic E-state index is 0.0378. The van der Waals surface area contributed by atoms with Crippen molar-refractivity contribution in [3.05, 3.63) is 62.4 Å². The molecule has 0 aliphatic rings. The molecule has 0 aliphatic heterocycles. The van der Waals surface area contributed by atoms with Gasteiger partial charge >= 0.3 is 5.69 Å². The smallest absolute Gasteiger partial charge is 0.305 e. The fourth-order valence-corrected chi connectivity index (χ4v) is 2.30. The fraction of sp³-hybridized carbons (Fsp3) is 0.133. The second-order valence-corrected chi connectivity index (χ2v) is 5.58. The van der Waals surface area contributed by atoms with E-state index in [0.717, 1.165) is 22.2 Å². The van der Waals surface area contributed by atoms with E-state index in [1.54, 1.807) is 12.1 Å². The first-order chi connectivity index (χ1) is 10.9. The summed E-state index contributed by atoms with van der Waals surface area (Å²) in [7, 11) is 0. The van der Waals surface area contributed by atoms with Crippen LogP contribution in [0, 0.1) is 22.9 Å². The summed E-state index contributed by atoms with van der Waals surface area (Å²) in [6.07, 6.45) is 0. The molecular weight excluding hydrogens is 371 g/mol. The molecule has 0 spiro atoms. The number of ether oxygens (including phenoxy) is 1. The van der Waals surface area contributed by atoms with Crippen LogP contribution < -0.4 is 10.1 Å². The number of benzene rings is 2. The third-order valence-electron chi connectivity index (χ3n) is 2.95. The van der Waals surface area contributed by atoms with E-state index in [9.17, 15) is 19.3 Å². The van der Waals surface area contributed by atoms with E-state index in [0.29, 0.717) is 5.69 Å². The summed E-state index contributed by atoms with van der Waals surface area (Å²) in [6, 6.07) is 8.47. The highest BCUT2D eigenvalue weighted by molar-refractivity contribution is 9.10. The molecule has 2 aromatic rings. The molecule has 2 aromatic carbocycles. The predicted octanol–water partition coefficient (Wildman–Crippen LogP) is 3.82. The molecule has 1 N–H and O–H groups in total. The molecule has 0 radical (unpaired) electrons. The molecule has 0 saturated carbocycles. The van der Waals surface area contributed by atoms with Crippen molar-refractivity contribution >= 4 is 33.2 Å². The number of nitrogens with zero attached hydrogens (tertiary/aromatic N) is 1. The third-order valence-corrected chi connectivity index (χ3v) is 3.44. The van der Waals surface area contributed by atoms with Crippen LogP contribution in [0.3, 0.4) is 0 Å². The van der Waals surface area contributed by atoms with Crippen LogP contribution in [0.25, 0.3) is 0 Å². The second kappa shape index (κ2) is 7.19. The summed E-state index contributed by atoms with van der Waals surface area (Å²) < 4.78 is 19.5. The maximum absolute atomic E-state index is 13.4. The summed E-state index contributed by atoms with van der Waals surface area (Å²) in [4.78, 5) is 21.5. The van der Waals surface area contributed by atoms with Gasteiger partial charge in [0.05, 0.1) is 4.92 Å². The molecular formula is C15H12BrFN2O4. The van der Waals surface area contributed by atoms with Crippen LogP contribution in [0.5, 0.6) is 5.75 Å². The molecule has 0 bridgehead atoms. The number of nitro groups is 1. The number of amides is 1. The molecule has 23 heavy (non-hydrogen) atoms. The highest BCUT2D eigenvalue weighted by Gasteiger charge is 2.15. The summed E-state index contributed by atoms with van der Waals surface area (Å²) in [6.45, 7) is 1.50. The number of nitrogens with one attached hydrogen (secondary N) is 1. The number of carbonyl (C=O) groups is 1. The highest BCUT2D eigenvalue weighted by Crippen LogP contribution is 2.23. The van der Waals surface area contributed by atoms with E-state index in [1.807, 2.05) is 13.0 Å². The fourth-order valence-electron chi connectivity index (χ4n) is 1.83. The Balaban J connectivity index is 1.96. The molecule has 120 valence electrons. The van der Waals surface area contributed by atoms with Crippen molar-refractivity contribution in [3.8, 4) is 5.75 Å². The summed E-state index contributed by atoms with van der Waals surface area (Å²) in [5, 5.41) is 13.2. The SMILES string of the molecule is Cc1cc(Br)ccc1NC(=O)COc1ccc([N+](=O)[O-])c(F)c1. The Bertz CT molecular complexity index is 767. The highest BCUT2D eigenvalue weighted by atomic mass is 79.9. The monoisotopic (exact) mass is 382 g/mol. The quantitative estimate of drug-likeness (QED) is 0.629. The van der Waals surface area contributed by atoms with Crippen molar-refractivity contribution in [3.63, 3.8) is 0 Å². The maximum atomic E-state index is 13.4. The number of anilines is 1. The lowest BCUT2D eigenvalue weighted by atomic mass is 10.2. The van der Waals surface area contributed by atoms with Gasteiger partial charge in [0.1, 0.15) is 5.75 Å². The van der Waals surface area contributed by atoms with E-state index in [2.05, 4.69) is 21.2 Å². The van der Waals surface area contributed by atoms with E-state index >= 15 is 0 Å². The van der Waals surface area contributed by atoms with Gasteiger partial charge in [-0.2, -0.15) is 4.39 Å². The Labute approximate surface area is 139 Å². The van der Waals surface area contributed by atoms with Crippen LogP contribution >= 0.6 is 15.9 Å². The van der Waals surface area contributed by atoms with Crippen molar-refractivity contribution in [1.82, 2.24) is 0 Å². The number of hydrogen-bond donors (Lipinski definition) is 1. The van der Waals surface area contributed by atoms with Gasteiger partial charge < -0.3 is 10.1 Å². The molecule has 0 fully saturated rings. The average molecular weight is 383 g/mol. The first-order valence-corrected chi connectivity index (χ1v) is 7.29. The second-order valence-electron chi connectivity index (χ2n) is 4.67. The minimum atomic E-state index is -1.02. The number of aryl methyl sites for hydroxylation is 1. The Kier molecular flexibility index (Phi) is 5.28. The van der Waals surface area contributed by atoms with Crippen molar-refractivity contribution in [2.75, 3.05) is 11.9 Å². The number of rotatable bonds is 5. The number of hydrogen-bond acceptors (Lipinski definition) is 4. The standard InChI is InChI=1S/C15H12BrFN2O4/c1-9-6-10(16)2-4-13(9)18-15(20)8-23-11-3-5-14(19(21)22)12(17)7-11/h2-7H,8H2,1H3,(H,18,20). The Morgan fingerprint density at radius 2 is 2.09 bits per heavy atom. The van der Waals surface area contributed by atoms with Gasteiger partial charge in [-0.1, -0.05) is 15.9 Å². The van der Waals surface area contributed by atoms with Gasteiger partial charge in [-0.15, -0.1) is 0 Å². The van der Waals surface area contributed by atoms with Crippen molar-refractivity contribution in [1.29, 1.82) is 0 Å². The molecule has 0 saturated heterocycles. The first-order valence-electron chi connectivity index (χ1n) is 6.49. The maximum Gasteiger partial charge on any atom is 0.305 e. The Hall–Kier alpha value is -2.48. The van der Waals surface area contributed by atoms with Gasteiger partial charge in [0.25, 0.3) is 5.91 Å². The van der Waals surface area contributed by atoms with Crippen molar-refractivity contribution < 1.29 is 18.8 Å². The number of nitro benzene ring substituents is 1. The summed E-state index contributed by atoms with van der Waals surface area (Å²) >= 11 is 3.33. The lowest BCUT2D eigenvalue weighted by molar-refractivity contribution is -0.387. The lowest BCUT2D eigenvalue weighted by Gasteiger charge is -2.10. The normalized spacial score (nSPS) is 10.2. The first kappa shape index (κ1) is 16.9. The van der Waals surface area contributed by atoms with Gasteiger partial charge in [0.2, 0.25) is 5.82 Å². The molecule has 0 aliphatic carbocycles. The molecule has 2 rings (SSSR count). The zero-order chi connectivity index (χ0) is 17.0. The van der Waals surface area contributed by atoms with Crippen LogP contribution in [0.1, 0.15) is 5.56 Å². The third kappa shape index (κ3) is 4.49. The van der Waals surface area contributed by atoms with Crippen LogP contribution in [0.15, 0.2) is 40.9 Å². The van der Waals surface area contributed by atoms with Crippen LogP contribution in [-0.4, -0.2) is 17.4 Å². The lowest BCUT2D eigenvalue weighted by Crippen LogP contribution is -2.20. The van der Waals surface area contributed by atoms with Crippen LogP contribution in [0.2, 0.25) is 0 Å². The van der Waals surface area contributed by atoms with E-state index in [1.165, 1.54) is 6.07 Å². The zero-order valence-electron chi connectivity index (χ0n) is 12.0.